The Morgan fingerprint density at radius 3 is 1.93 bits per heavy atom. The molecule has 0 saturated heterocycles. The largest absolute Gasteiger partial charge is 0.393 e. The van der Waals surface area contributed by atoms with E-state index in [-0.39, 0.29) is 28.6 Å². The molecule has 0 aromatic rings. The first-order chi connectivity index (χ1) is 20.0. The van der Waals surface area contributed by atoms with Gasteiger partial charge in [-0.2, -0.15) is 0 Å². The van der Waals surface area contributed by atoms with E-state index in [1.165, 1.54) is 39.0 Å². The van der Waals surface area contributed by atoms with E-state index in [0.717, 1.165) is 12.8 Å². The molecule has 3 aliphatic rings. The molecule has 3 rings (SSSR count). The Labute approximate surface area is 262 Å². The van der Waals surface area contributed by atoms with Crippen molar-refractivity contribution < 1.29 is 14.9 Å². The van der Waals surface area contributed by atoms with Gasteiger partial charge in [0.1, 0.15) is 0 Å². The van der Waals surface area contributed by atoms with Gasteiger partial charge in [-0.3, -0.25) is 0 Å². The normalized spacial score (nSPS) is 30.8. The fraction of sp³-hybridized carbons (Fsp3) is 0.500. The molecular weight excluding hydrogens is 528 g/mol. The number of fused-ring (bicyclic) bond motifs is 1. The van der Waals surface area contributed by atoms with E-state index in [9.17, 15) is 10.2 Å². The summed E-state index contributed by atoms with van der Waals surface area (Å²) in [7, 11) is 0. The van der Waals surface area contributed by atoms with Gasteiger partial charge >= 0.3 is 0 Å². The molecule has 0 amide bonds. The van der Waals surface area contributed by atoms with Crippen LogP contribution in [0, 0.1) is 16.7 Å². The molecule has 0 aromatic carbocycles. The van der Waals surface area contributed by atoms with Crippen molar-refractivity contribution in [2.75, 3.05) is 6.61 Å². The summed E-state index contributed by atoms with van der Waals surface area (Å²) < 4.78 is 6.23. The Balaban J connectivity index is 1.56. The van der Waals surface area contributed by atoms with Crippen LogP contribution in [-0.2, 0) is 4.74 Å². The van der Waals surface area contributed by atoms with Gasteiger partial charge in [-0.15, -0.1) is 0 Å². The molecule has 3 heteroatoms. The van der Waals surface area contributed by atoms with Crippen LogP contribution < -0.4 is 0 Å². The summed E-state index contributed by atoms with van der Waals surface area (Å²) in [4.78, 5) is 0. The second-order valence-corrected chi connectivity index (χ2v) is 14.5. The molecule has 2 N–H and O–H groups in total. The van der Waals surface area contributed by atoms with Gasteiger partial charge in [-0.1, -0.05) is 129 Å². The monoisotopic (exact) mass is 584 g/mol. The first-order valence-corrected chi connectivity index (χ1v) is 15.9. The van der Waals surface area contributed by atoms with Gasteiger partial charge in [-0.25, -0.2) is 0 Å². The van der Waals surface area contributed by atoms with Crippen LogP contribution in [0.2, 0.25) is 0 Å². The van der Waals surface area contributed by atoms with Gasteiger partial charge in [0, 0.05) is 12.3 Å². The van der Waals surface area contributed by atoms with Crippen LogP contribution in [0.3, 0.4) is 0 Å². The van der Waals surface area contributed by atoms with Crippen LogP contribution in [0.15, 0.2) is 118 Å². The summed E-state index contributed by atoms with van der Waals surface area (Å²) in [5.41, 5.74) is 8.32. The van der Waals surface area contributed by atoms with Crippen molar-refractivity contribution in [3.8, 4) is 0 Å². The van der Waals surface area contributed by atoms with E-state index >= 15 is 0 Å². The maximum atomic E-state index is 10.4. The van der Waals surface area contributed by atoms with E-state index in [1.807, 2.05) is 6.08 Å². The number of hydrogen-bond donors (Lipinski definition) is 2. The number of aliphatic hydroxyl groups excluding tert-OH is 2. The fourth-order valence-corrected chi connectivity index (χ4v) is 7.29. The second-order valence-electron chi connectivity index (χ2n) is 14.5. The minimum atomic E-state index is -0.363. The van der Waals surface area contributed by atoms with Crippen LogP contribution in [0.5, 0.6) is 0 Å². The number of hydrogen-bond acceptors (Lipinski definition) is 3. The van der Waals surface area contributed by atoms with Crippen molar-refractivity contribution in [2.24, 2.45) is 16.7 Å². The van der Waals surface area contributed by atoms with Crippen LogP contribution >= 0.6 is 0 Å². The molecule has 2 aliphatic carbocycles. The molecule has 0 spiro atoms. The van der Waals surface area contributed by atoms with Crippen molar-refractivity contribution in [3.05, 3.63) is 118 Å². The van der Waals surface area contributed by atoms with Gasteiger partial charge in [0.15, 0.2) is 0 Å². The Bertz CT molecular complexity index is 1330. The molecule has 0 bridgehead atoms. The maximum Gasteiger partial charge on any atom is 0.0904 e. The SMILES string of the molecule is CC1=C[C@H](O)CC(C)(C)[C@H]1/C=C/C(C)=C/C=C/C(C)=C/C=C/C=C(C)\C=C/C=C(\C)C1=C2C(C)(C)C[C@H](O)C[C@@]2(C)OC1. The van der Waals surface area contributed by atoms with Crippen molar-refractivity contribution in [3.63, 3.8) is 0 Å². The Hall–Kier alpha value is -2.72. The van der Waals surface area contributed by atoms with E-state index in [4.69, 9.17) is 4.74 Å². The summed E-state index contributed by atoms with van der Waals surface area (Å²) in [6.07, 6.45) is 29.3. The Morgan fingerprint density at radius 2 is 1.33 bits per heavy atom. The minimum absolute atomic E-state index is 0.0542. The topological polar surface area (TPSA) is 49.7 Å². The third-order valence-corrected chi connectivity index (χ3v) is 9.22. The summed E-state index contributed by atoms with van der Waals surface area (Å²) >= 11 is 0. The molecule has 1 heterocycles. The molecule has 43 heavy (non-hydrogen) atoms. The average molecular weight is 585 g/mol. The standard InChI is InChI=1S/C40H56O3/c1-28(17-13-18-30(3)21-22-36-32(5)23-33(41)24-38(36,6)7)15-11-12-16-29(2)19-14-20-31(4)35-27-43-40(10)26-34(42)25-39(8,9)37(35)40/h11-23,33-34,36,41-42H,24-27H2,1-10H3/b12-11+,17-13+,19-14-,22-21+,28-15+,29-16-,30-18+,31-20+/t33-,34-,36-,40+/m0/s1. The molecule has 1 saturated carbocycles. The predicted octanol–water partition coefficient (Wildman–Crippen LogP) is 9.62. The van der Waals surface area contributed by atoms with Gasteiger partial charge in [-0.05, 0) is 81.9 Å². The lowest BCUT2D eigenvalue weighted by atomic mass is 9.64. The van der Waals surface area contributed by atoms with Gasteiger partial charge in [0.2, 0.25) is 0 Å². The summed E-state index contributed by atoms with van der Waals surface area (Å²) in [6, 6.07) is 0. The van der Waals surface area contributed by atoms with Gasteiger partial charge < -0.3 is 14.9 Å². The molecule has 0 radical (unpaired) electrons. The zero-order valence-electron chi connectivity index (χ0n) is 28.4. The lowest BCUT2D eigenvalue weighted by Crippen LogP contribution is -2.44. The lowest BCUT2D eigenvalue weighted by Gasteiger charge is -2.45. The smallest absolute Gasteiger partial charge is 0.0904 e. The van der Waals surface area contributed by atoms with Crippen molar-refractivity contribution in [2.45, 2.75) is 106 Å². The summed E-state index contributed by atoms with van der Waals surface area (Å²) in [5, 5.41) is 20.5. The van der Waals surface area contributed by atoms with E-state index in [0.29, 0.717) is 18.9 Å². The quantitative estimate of drug-likeness (QED) is 0.210. The van der Waals surface area contributed by atoms with E-state index in [2.05, 4.69) is 142 Å². The minimum Gasteiger partial charge on any atom is -0.393 e. The molecule has 234 valence electrons. The second kappa shape index (κ2) is 14.4. The third kappa shape index (κ3) is 9.38. The van der Waals surface area contributed by atoms with Crippen LogP contribution in [0.4, 0.5) is 0 Å². The molecule has 3 nitrogen and oxygen atoms in total. The first-order valence-electron chi connectivity index (χ1n) is 15.9. The molecule has 0 aromatic heterocycles. The van der Waals surface area contributed by atoms with Crippen LogP contribution in [0.25, 0.3) is 0 Å². The van der Waals surface area contributed by atoms with Gasteiger partial charge in [0.25, 0.3) is 0 Å². The zero-order valence-corrected chi connectivity index (χ0v) is 28.4. The predicted molar refractivity (Wildman–Crippen MR) is 184 cm³/mol. The summed E-state index contributed by atoms with van der Waals surface area (Å²) in [6.45, 7) is 22.3. The van der Waals surface area contributed by atoms with Crippen molar-refractivity contribution >= 4 is 0 Å². The molecule has 1 fully saturated rings. The molecular formula is C40H56O3. The van der Waals surface area contributed by atoms with Gasteiger partial charge in [0.05, 0.1) is 24.4 Å². The highest BCUT2D eigenvalue weighted by molar-refractivity contribution is 5.47. The zero-order chi connectivity index (χ0) is 32.0. The molecule has 1 aliphatic heterocycles. The van der Waals surface area contributed by atoms with Crippen LogP contribution in [-0.4, -0.2) is 34.6 Å². The lowest BCUT2D eigenvalue weighted by molar-refractivity contribution is -0.0497. The van der Waals surface area contributed by atoms with Crippen molar-refractivity contribution in [1.29, 1.82) is 0 Å². The Morgan fingerprint density at radius 1 is 0.767 bits per heavy atom. The Kier molecular flexibility index (Phi) is 11.6. The highest BCUT2D eigenvalue weighted by atomic mass is 16.5. The highest BCUT2D eigenvalue weighted by Crippen LogP contribution is 2.53. The van der Waals surface area contributed by atoms with Crippen molar-refractivity contribution in [1.82, 2.24) is 0 Å². The highest BCUT2D eigenvalue weighted by Gasteiger charge is 2.50. The fourth-order valence-electron chi connectivity index (χ4n) is 7.29. The number of rotatable bonds is 9. The van der Waals surface area contributed by atoms with Crippen LogP contribution in [0.1, 0.15) is 88.5 Å². The first kappa shape index (κ1) is 34.8. The van der Waals surface area contributed by atoms with E-state index < -0.39 is 0 Å². The number of ether oxygens (including phenoxy) is 1. The number of allylic oxidation sites excluding steroid dienone is 16. The maximum absolute atomic E-state index is 10.4. The summed E-state index contributed by atoms with van der Waals surface area (Å²) in [5.74, 6) is 0.345. The molecule has 4 atom stereocenters. The number of aliphatic hydroxyl groups is 2. The third-order valence-electron chi connectivity index (χ3n) is 9.22. The average Bonchev–Trinajstić information content (AvgIpc) is 3.23. The molecule has 0 unspecified atom stereocenters. The van der Waals surface area contributed by atoms with E-state index in [1.54, 1.807) is 0 Å².